The highest BCUT2D eigenvalue weighted by Gasteiger charge is 2.31. The molecule has 1 aromatic carbocycles. The molecule has 1 fully saturated rings. The number of nitrogens with one attached hydrogen (secondary N) is 1. The fourth-order valence-electron chi connectivity index (χ4n) is 3.92. The molecule has 2 aromatic rings. The molecule has 2 amide bonds. The van der Waals surface area contributed by atoms with Gasteiger partial charge in [0.2, 0.25) is 0 Å². The van der Waals surface area contributed by atoms with Gasteiger partial charge in [-0.2, -0.15) is 0 Å². The summed E-state index contributed by atoms with van der Waals surface area (Å²) in [6.45, 7) is 0.754. The van der Waals surface area contributed by atoms with Crippen molar-refractivity contribution in [2.75, 3.05) is 11.9 Å². The molecule has 4 rings (SSSR count). The Balaban J connectivity index is 1.49. The first-order valence-electron chi connectivity index (χ1n) is 9.20. The highest BCUT2D eigenvalue weighted by Crippen LogP contribution is 2.37. The molecule has 27 heavy (non-hydrogen) atoms. The van der Waals surface area contributed by atoms with Crippen LogP contribution in [0.1, 0.15) is 55.0 Å². The van der Waals surface area contributed by atoms with Crippen molar-refractivity contribution >= 4 is 11.7 Å². The molecule has 1 aliphatic heterocycles. The van der Waals surface area contributed by atoms with Gasteiger partial charge in [0.15, 0.2) is 17.5 Å². The summed E-state index contributed by atoms with van der Waals surface area (Å²) in [6, 6.07) is 1.03. The van der Waals surface area contributed by atoms with Crippen LogP contribution in [0.5, 0.6) is 0 Å². The largest absolute Gasteiger partial charge is 0.360 e. The van der Waals surface area contributed by atoms with Crippen LogP contribution in [0.2, 0.25) is 0 Å². The Hall–Kier alpha value is -2.51. The van der Waals surface area contributed by atoms with Crippen LogP contribution in [0.3, 0.4) is 0 Å². The first-order valence-corrected chi connectivity index (χ1v) is 9.20. The van der Waals surface area contributed by atoms with Gasteiger partial charge in [-0.1, -0.05) is 24.4 Å². The van der Waals surface area contributed by atoms with Crippen molar-refractivity contribution in [2.45, 2.75) is 51.0 Å². The zero-order valence-electron chi connectivity index (χ0n) is 14.7. The monoisotopic (exact) mass is 379 g/mol. The summed E-state index contributed by atoms with van der Waals surface area (Å²) in [5.74, 6) is -3.05. The molecule has 1 saturated carbocycles. The molecule has 1 N–H and O–H groups in total. The summed E-state index contributed by atoms with van der Waals surface area (Å²) in [7, 11) is 0. The quantitative estimate of drug-likeness (QED) is 0.768. The molecule has 1 aromatic heterocycles. The van der Waals surface area contributed by atoms with Gasteiger partial charge in [0, 0.05) is 42.3 Å². The van der Waals surface area contributed by atoms with E-state index in [1.165, 1.54) is 6.42 Å². The highest BCUT2D eigenvalue weighted by molar-refractivity contribution is 5.89. The van der Waals surface area contributed by atoms with E-state index in [4.69, 9.17) is 4.52 Å². The molecule has 1 aliphatic carbocycles. The molecule has 0 saturated heterocycles. The minimum atomic E-state index is -1.56. The Labute approximate surface area is 154 Å². The van der Waals surface area contributed by atoms with Crippen LogP contribution in [-0.4, -0.2) is 22.6 Å². The topological polar surface area (TPSA) is 58.4 Å². The number of amides is 2. The van der Waals surface area contributed by atoms with Crippen LogP contribution in [0.15, 0.2) is 16.7 Å². The number of rotatable bonds is 2. The van der Waals surface area contributed by atoms with Crippen molar-refractivity contribution in [1.82, 2.24) is 10.1 Å². The molecule has 0 spiro atoms. The zero-order valence-corrected chi connectivity index (χ0v) is 14.7. The number of halogens is 3. The van der Waals surface area contributed by atoms with E-state index in [1.54, 1.807) is 4.90 Å². The molecule has 2 aliphatic rings. The lowest BCUT2D eigenvalue weighted by Crippen LogP contribution is -2.39. The van der Waals surface area contributed by atoms with E-state index in [0.29, 0.717) is 25.4 Å². The summed E-state index contributed by atoms with van der Waals surface area (Å²) in [5, 5.41) is 6.60. The molecule has 5 nitrogen and oxygen atoms in total. The maximum absolute atomic E-state index is 13.3. The second-order valence-electron chi connectivity index (χ2n) is 7.16. The Morgan fingerprint density at radius 1 is 1.15 bits per heavy atom. The zero-order chi connectivity index (χ0) is 19.0. The second-order valence-corrected chi connectivity index (χ2v) is 7.16. The summed E-state index contributed by atoms with van der Waals surface area (Å²) >= 11 is 0. The summed E-state index contributed by atoms with van der Waals surface area (Å²) in [6.07, 6.45) is 6.22. The van der Waals surface area contributed by atoms with E-state index >= 15 is 0 Å². The van der Waals surface area contributed by atoms with E-state index in [9.17, 15) is 18.0 Å². The lowest BCUT2D eigenvalue weighted by Gasteiger charge is -2.28. The van der Waals surface area contributed by atoms with Gasteiger partial charge in [0.05, 0.1) is 12.2 Å². The van der Waals surface area contributed by atoms with E-state index < -0.39 is 23.5 Å². The molecule has 2 heterocycles. The third-order valence-electron chi connectivity index (χ3n) is 5.37. The fourth-order valence-corrected chi connectivity index (χ4v) is 3.92. The predicted molar refractivity (Wildman–Crippen MR) is 91.8 cm³/mol. The van der Waals surface area contributed by atoms with Crippen molar-refractivity contribution in [3.63, 3.8) is 0 Å². The molecule has 8 heteroatoms. The summed E-state index contributed by atoms with van der Waals surface area (Å²) < 4.78 is 45.4. The molecular weight excluding hydrogens is 359 g/mol. The van der Waals surface area contributed by atoms with Crippen LogP contribution in [0.4, 0.5) is 23.7 Å². The normalized spacial score (nSPS) is 17.7. The number of hydrogen-bond donors (Lipinski definition) is 1. The third-order valence-corrected chi connectivity index (χ3v) is 5.37. The van der Waals surface area contributed by atoms with Gasteiger partial charge >= 0.3 is 6.03 Å². The van der Waals surface area contributed by atoms with Gasteiger partial charge in [0.25, 0.3) is 0 Å². The molecule has 0 atom stereocenters. The van der Waals surface area contributed by atoms with E-state index in [2.05, 4.69) is 10.5 Å². The van der Waals surface area contributed by atoms with Crippen LogP contribution in [-0.2, 0) is 13.0 Å². The second kappa shape index (κ2) is 7.25. The average Bonchev–Trinajstić information content (AvgIpc) is 3.10. The standard InChI is InChI=1S/C19H20F3N3O2/c20-14-8-12(9-15(21)17(14)22)23-19(26)25-7-6-16-13(10-25)18(27-24-16)11-4-2-1-3-5-11/h8-9,11H,1-7,10H2,(H,23,26). The maximum atomic E-state index is 13.3. The fraction of sp³-hybridized carbons (Fsp3) is 0.474. The van der Waals surface area contributed by atoms with Gasteiger partial charge < -0.3 is 14.7 Å². The van der Waals surface area contributed by atoms with Crippen molar-refractivity contribution in [3.8, 4) is 0 Å². The van der Waals surface area contributed by atoms with Crippen LogP contribution >= 0.6 is 0 Å². The number of aromatic nitrogens is 1. The number of nitrogens with zero attached hydrogens (tertiary/aromatic N) is 2. The number of anilines is 1. The third kappa shape index (κ3) is 3.52. The SMILES string of the molecule is O=C(Nc1cc(F)c(F)c(F)c1)N1CCc2noc(C3CCCCC3)c2C1. The van der Waals surface area contributed by atoms with Crippen LogP contribution in [0.25, 0.3) is 0 Å². The average molecular weight is 379 g/mol. The molecule has 0 radical (unpaired) electrons. The van der Waals surface area contributed by atoms with Crippen LogP contribution < -0.4 is 5.32 Å². The first kappa shape index (κ1) is 17.9. The Morgan fingerprint density at radius 2 is 1.85 bits per heavy atom. The molecule has 0 unspecified atom stereocenters. The lowest BCUT2D eigenvalue weighted by atomic mass is 9.85. The first-order chi connectivity index (χ1) is 13.0. The Kier molecular flexibility index (Phi) is 4.80. The minimum Gasteiger partial charge on any atom is -0.360 e. The maximum Gasteiger partial charge on any atom is 0.322 e. The molecule has 144 valence electrons. The van der Waals surface area contributed by atoms with Gasteiger partial charge in [0.1, 0.15) is 5.76 Å². The van der Waals surface area contributed by atoms with Crippen LogP contribution in [0, 0.1) is 17.5 Å². The van der Waals surface area contributed by atoms with E-state index in [0.717, 1.165) is 54.8 Å². The minimum absolute atomic E-state index is 0.125. The Bertz CT molecular complexity index is 839. The number of urea groups is 1. The van der Waals surface area contributed by atoms with Crippen molar-refractivity contribution in [2.24, 2.45) is 0 Å². The number of benzene rings is 1. The lowest BCUT2D eigenvalue weighted by molar-refractivity contribution is 0.206. The van der Waals surface area contributed by atoms with E-state index in [1.807, 2.05) is 0 Å². The number of carbonyl (C=O) groups excluding carboxylic acids is 1. The van der Waals surface area contributed by atoms with E-state index in [-0.39, 0.29) is 5.69 Å². The number of hydrogen-bond acceptors (Lipinski definition) is 3. The van der Waals surface area contributed by atoms with Crippen molar-refractivity contribution in [1.29, 1.82) is 0 Å². The molecule has 0 bridgehead atoms. The summed E-state index contributed by atoms with van der Waals surface area (Å²) in [4.78, 5) is 14.1. The number of fused-ring (bicyclic) bond motifs is 1. The smallest absolute Gasteiger partial charge is 0.322 e. The van der Waals surface area contributed by atoms with Gasteiger partial charge in [-0.25, -0.2) is 18.0 Å². The highest BCUT2D eigenvalue weighted by atomic mass is 19.2. The number of carbonyl (C=O) groups is 1. The van der Waals surface area contributed by atoms with Gasteiger partial charge in [-0.15, -0.1) is 0 Å². The Morgan fingerprint density at radius 3 is 2.56 bits per heavy atom. The van der Waals surface area contributed by atoms with Gasteiger partial charge in [-0.3, -0.25) is 0 Å². The van der Waals surface area contributed by atoms with Crippen molar-refractivity contribution < 1.29 is 22.5 Å². The summed E-state index contributed by atoms with van der Waals surface area (Å²) in [5.41, 5.74) is 1.69. The van der Waals surface area contributed by atoms with Crippen molar-refractivity contribution in [3.05, 3.63) is 46.6 Å². The molecular formula is C19H20F3N3O2. The van der Waals surface area contributed by atoms with Gasteiger partial charge in [-0.05, 0) is 12.8 Å². The predicted octanol–water partition coefficient (Wildman–Crippen LogP) is 4.73.